The van der Waals surface area contributed by atoms with E-state index in [1.807, 2.05) is 54.5 Å². The maximum Gasteiger partial charge on any atom is 0.223 e. The van der Waals surface area contributed by atoms with Crippen LogP contribution in [0.25, 0.3) is 0 Å². The summed E-state index contributed by atoms with van der Waals surface area (Å²) in [4.78, 5) is 28.4. The molecule has 0 aliphatic carbocycles. The number of ether oxygens (including phenoxy) is 1. The molecule has 2 heterocycles. The second kappa shape index (κ2) is 9.29. The SMILES string of the molecule is Cc1ccc(C(=O)CCC(=O)N(Cc2cccs2)CC2CCCO2)cc1C. The Labute approximate surface area is 165 Å². The molecule has 1 fully saturated rings. The lowest BCUT2D eigenvalue weighted by molar-refractivity contribution is -0.133. The van der Waals surface area contributed by atoms with E-state index in [1.54, 1.807) is 11.3 Å². The minimum Gasteiger partial charge on any atom is -0.376 e. The fraction of sp³-hybridized carbons (Fsp3) is 0.455. The molecule has 0 bridgehead atoms. The zero-order valence-electron chi connectivity index (χ0n) is 16.1. The Balaban J connectivity index is 1.60. The molecule has 144 valence electrons. The molecular weight excluding hydrogens is 358 g/mol. The molecule has 0 spiro atoms. The van der Waals surface area contributed by atoms with Crippen LogP contribution in [0.4, 0.5) is 0 Å². The molecule has 0 radical (unpaired) electrons. The standard InChI is InChI=1S/C22H27NO3S/c1-16-7-8-18(13-17(16)2)21(24)9-10-22(25)23(14-19-5-3-11-26-19)15-20-6-4-12-27-20/h4,6-8,12-13,19H,3,5,9-11,14-15H2,1-2H3. The van der Waals surface area contributed by atoms with Gasteiger partial charge in [0.05, 0.1) is 12.6 Å². The number of hydrogen-bond acceptors (Lipinski definition) is 4. The van der Waals surface area contributed by atoms with Gasteiger partial charge in [0.25, 0.3) is 0 Å². The Morgan fingerprint density at radius 3 is 2.70 bits per heavy atom. The van der Waals surface area contributed by atoms with Crippen molar-refractivity contribution in [3.8, 4) is 0 Å². The van der Waals surface area contributed by atoms with Gasteiger partial charge < -0.3 is 9.64 Å². The molecule has 1 amide bonds. The highest BCUT2D eigenvalue weighted by molar-refractivity contribution is 7.09. The molecule has 0 saturated carbocycles. The van der Waals surface area contributed by atoms with E-state index < -0.39 is 0 Å². The number of benzene rings is 1. The van der Waals surface area contributed by atoms with Gasteiger partial charge in [-0.05, 0) is 55.3 Å². The first-order valence-corrected chi connectivity index (χ1v) is 10.4. The predicted molar refractivity (Wildman–Crippen MR) is 108 cm³/mol. The van der Waals surface area contributed by atoms with Crippen molar-refractivity contribution in [3.63, 3.8) is 0 Å². The first-order valence-electron chi connectivity index (χ1n) is 9.55. The Hall–Kier alpha value is -1.98. The van der Waals surface area contributed by atoms with Crippen molar-refractivity contribution in [3.05, 3.63) is 57.3 Å². The summed E-state index contributed by atoms with van der Waals surface area (Å²) < 4.78 is 5.71. The highest BCUT2D eigenvalue weighted by Gasteiger charge is 2.23. The maximum atomic E-state index is 12.8. The third kappa shape index (κ3) is 5.50. The van der Waals surface area contributed by atoms with E-state index in [0.717, 1.165) is 29.9 Å². The Morgan fingerprint density at radius 1 is 1.19 bits per heavy atom. The molecule has 1 saturated heterocycles. The second-order valence-electron chi connectivity index (χ2n) is 7.21. The van der Waals surface area contributed by atoms with E-state index in [-0.39, 0.29) is 30.6 Å². The van der Waals surface area contributed by atoms with Crippen molar-refractivity contribution in [1.82, 2.24) is 4.90 Å². The summed E-state index contributed by atoms with van der Waals surface area (Å²) in [5, 5.41) is 2.02. The van der Waals surface area contributed by atoms with Crippen LogP contribution >= 0.6 is 11.3 Å². The van der Waals surface area contributed by atoms with Crippen molar-refractivity contribution >= 4 is 23.0 Å². The van der Waals surface area contributed by atoms with Crippen molar-refractivity contribution < 1.29 is 14.3 Å². The molecule has 27 heavy (non-hydrogen) atoms. The van der Waals surface area contributed by atoms with Gasteiger partial charge in [0.15, 0.2) is 5.78 Å². The lowest BCUT2D eigenvalue weighted by Crippen LogP contribution is -2.36. The van der Waals surface area contributed by atoms with Crippen LogP contribution in [0.2, 0.25) is 0 Å². The summed E-state index contributed by atoms with van der Waals surface area (Å²) in [5.41, 5.74) is 2.96. The van der Waals surface area contributed by atoms with Gasteiger partial charge >= 0.3 is 0 Å². The quantitative estimate of drug-likeness (QED) is 0.627. The molecule has 1 aromatic carbocycles. The van der Waals surface area contributed by atoms with Gasteiger partial charge in [-0.15, -0.1) is 11.3 Å². The van der Waals surface area contributed by atoms with E-state index in [1.165, 1.54) is 5.56 Å². The van der Waals surface area contributed by atoms with Crippen LogP contribution < -0.4 is 0 Å². The number of carbonyl (C=O) groups is 2. The number of amides is 1. The molecule has 5 heteroatoms. The normalized spacial score (nSPS) is 16.4. The Morgan fingerprint density at radius 2 is 2.04 bits per heavy atom. The van der Waals surface area contributed by atoms with E-state index in [4.69, 9.17) is 4.74 Å². The Bertz CT molecular complexity index is 779. The molecule has 1 aliphatic rings. The predicted octanol–water partition coefficient (Wildman–Crippen LogP) is 4.54. The molecule has 1 unspecified atom stereocenters. The highest BCUT2D eigenvalue weighted by Crippen LogP contribution is 2.19. The third-order valence-corrected chi connectivity index (χ3v) is 5.98. The monoisotopic (exact) mass is 385 g/mol. The number of thiophene rings is 1. The largest absolute Gasteiger partial charge is 0.376 e. The number of ketones is 1. The van der Waals surface area contributed by atoms with Gasteiger partial charge in [-0.1, -0.05) is 18.2 Å². The molecule has 4 nitrogen and oxygen atoms in total. The fourth-order valence-electron chi connectivity index (χ4n) is 3.32. The van der Waals surface area contributed by atoms with Crippen molar-refractivity contribution in [2.75, 3.05) is 13.2 Å². The van der Waals surface area contributed by atoms with Gasteiger partial charge in [-0.25, -0.2) is 0 Å². The number of rotatable bonds is 8. The van der Waals surface area contributed by atoms with Crippen LogP contribution in [0, 0.1) is 13.8 Å². The highest BCUT2D eigenvalue weighted by atomic mass is 32.1. The molecule has 0 N–H and O–H groups in total. The van der Waals surface area contributed by atoms with Crippen LogP contribution in [-0.2, 0) is 16.1 Å². The van der Waals surface area contributed by atoms with E-state index in [9.17, 15) is 9.59 Å². The number of hydrogen-bond donors (Lipinski definition) is 0. The van der Waals surface area contributed by atoms with E-state index >= 15 is 0 Å². The maximum absolute atomic E-state index is 12.8. The first kappa shape index (κ1) is 19.8. The number of nitrogens with zero attached hydrogens (tertiary/aromatic N) is 1. The summed E-state index contributed by atoms with van der Waals surface area (Å²) in [6.07, 6.45) is 2.65. The third-order valence-electron chi connectivity index (χ3n) is 5.12. The topological polar surface area (TPSA) is 46.6 Å². The fourth-order valence-corrected chi connectivity index (χ4v) is 4.04. The average molecular weight is 386 g/mol. The van der Waals surface area contributed by atoms with Gasteiger partial charge in [-0.2, -0.15) is 0 Å². The van der Waals surface area contributed by atoms with Crippen molar-refractivity contribution in [1.29, 1.82) is 0 Å². The number of aryl methyl sites for hydroxylation is 2. The van der Waals surface area contributed by atoms with Gasteiger partial charge in [-0.3, -0.25) is 9.59 Å². The summed E-state index contributed by atoms with van der Waals surface area (Å²) in [6, 6.07) is 9.77. The van der Waals surface area contributed by atoms with Crippen molar-refractivity contribution in [2.45, 2.75) is 52.2 Å². The zero-order chi connectivity index (χ0) is 19.2. The van der Waals surface area contributed by atoms with Gasteiger partial charge in [0.2, 0.25) is 5.91 Å². The van der Waals surface area contributed by atoms with Crippen molar-refractivity contribution in [2.24, 2.45) is 0 Å². The lowest BCUT2D eigenvalue weighted by Gasteiger charge is -2.25. The van der Waals surface area contributed by atoms with Crippen LogP contribution in [0.5, 0.6) is 0 Å². The first-order chi connectivity index (χ1) is 13.0. The number of carbonyl (C=O) groups excluding carboxylic acids is 2. The summed E-state index contributed by atoms with van der Waals surface area (Å²) in [5.74, 6) is 0.0516. The number of Topliss-reactive ketones (excluding diaryl/α,β-unsaturated/α-hetero) is 1. The minimum atomic E-state index is 0.0242. The van der Waals surface area contributed by atoms with Gasteiger partial charge in [0.1, 0.15) is 0 Å². The van der Waals surface area contributed by atoms with Crippen LogP contribution in [0.1, 0.15) is 52.0 Å². The molecule has 1 aromatic heterocycles. The van der Waals surface area contributed by atoms with E-state index in [0.29, 0.717) is 18.7 Å². The second-order valence-corrected chi connectivity index (χ2v) is 8.24. The van der Waals surface area contributed by atoms with Gasteiger partial charge in [0, 0.05) is 36.4 Å². The molecule has 1 atom stereocenters. The molecular formula is C22H27NO3S. The lowest BCUT2D eigenvalue weighted by atomic mass is 10.0. The molecule has 1 aliphatic heterocycles. The van der Waals surface area contributed by atoms with Crippen LogP contribution in [-0.4, -0.2) is 35.8 Å². The van der Waals surface area contributed by atoms with Crippen LogP contribution in [0.15, 0.2) is 35.7 Å². The summed E-state index contributed by atoms with van der Waals surface area (Å²) in [7, 11) is 0. The average Bonchev–Trinajstić information content (AvgIpc) is 3.35. The molecule has 3 rings (SSSR count). The smallest absolute Gasteiger partial charge is 0.223 e. The van der Waals surface area contributed by atoms with E-state index in [2.05, 4.69) is 0 Å². The summed E-state index contributed by atoms with van der Waals surface area (Å²) >= 11 is 1.65. The summed E-state index contributed by atoms with van der Waals surface area (Å²) in [6.45, 7) is 6.00. The minimum absolute atomic E-state index is 0.0242. The van der Waals surface area contributed by atoms with Crippen LogP contribution in [0.3, 0.4) is 0 Å². The Kier molecular flexibility index (Phi) is 6.80. The zero-order valence-corrected chi connectivity index (χ0v) is 16.9. The molecule has 2 aromatic rings.